The van der Waals surface area contributed by atoms with Crippen LogP contribution >= 0.6 is 0 Å². The van der Waals surface area contributed by atoms with E-state index in [-0.39, 0.29) is 11.9 Å². The summed E-state index contributed by atoms with van der Waals surface area (Å²) in [7, 11) is 0. The molecule has 1 aliphatic heterocycles. The number of amides is 1. The number of rotatable bonds is 6. The van der Waals surface area contributed by atoms with Crippen molar-refractivity contribution in [3.63, 3.8) is 0 Å². The van der Waals surface area contributed by atoms with Crippen molar-refractivity contribution in [3.8, 4) is 5.75 Å². The molecule has 1 aromatic rings. The van der Waals surface area contributed by atoms with E-state index in [0.29, 0.717) is 25.3 Å². The van der Waals surface area contributed by atoms with Gasteiger partial charge < -0.3 is 15.4 Å². The standard InChI is InChI=1S/C16H22N2O2/c1-2-14-5-3-11-18(14)16(19)13-6-8-15(9-7-13)20-12-4-10-17/h3,5-9,14H,2,4,10-12,17H2,1H3/t14-/m1/s1. The molecule has 0 saturated heterocycles. The summed E-state index contributed by atoms with van der Waals surface area (Å²) >= 11 is 0. The zero-order chi connectivity index (χ0) is 14.4. The van der Waals surface area contributed by atoms with E-state index in [1.165, 1.54) is 0 Å². The van der Waals surface area contributed by atoms with Gasteiger partial charge in [-0.1, -0.05) is 19.1 Å². The molecule has 0 saturated carbocycles. The predicted molar refractivity (Wildman–Crippen MR) is 79.9 cm³/mol. The maximum absolute atomic E-state index is 12.4. The smallest absolute Gasteiger partial charge is 0.254 e. The van der Waals surface area contributed by atoms with Crippen LogP contribution in [0.5, 0.6) is 5.75 Å². The number of ether oxygens (including phenoxy) is 1. The molecule has 0 radical (unpaired) electrons. The van der Waals surface area contributed by atoms with Crippen molar-refractivity contribution >= 4 is 5.91 Å². The minimum atomic E-state index is 0.0790. The molecule has 0 fully saturated rings. The Balaban J connectivity index is 1.97. The third-order valence-corrected chi connectivity index (χ3v) is 3.46. The van der Waals surface area contributed by atoms with E-state index in [9.17, 15) is 4.79 Å². The summed E-state index contributed by atoms with van der Waals surface area (Å²) in [6.45, 7) is 4.02. The van der Waals surface area contributed by atoms with E-state index >= 15 is 0 Å². The number of nitrogens with two attached hydrogens (primary N) is 1. The summed E-state index contributed by atoms with van der Waals surface area (Å²) in [5.74, 6) is 0.858. The average Bonchev–Trinajstić information content (AvgIpc) is 2.96. The number of hydrogen-bond donors (Lipinski definition) is 1. The highest BCUT2D eigenvalue weighted by Gasteiger charge is 2.24. The first-order chi connectivity index (χ1) is 9.76. The Hall–Kier alpha value is -1.81. The van der Waals surface area contributed by atoms with Crippen LogP contribution in [0.15, 0.2) is 36.4 Å². The molecule has 1 atom stereocenters. The summed E-state index contributed by atoms with van der Waals surface area (Å²) in [6.07, 6.45) is 5.93. The number of carbonyl (C=O) groups excluding carboxylic acids is 1. The van der Waals surface area contributed by atoms with Gasteiger partial charge in [-0.25, -0.2) is 0 Å². The Bertz CT molecular complexity index is 468. The Morgan fingerprint density at radius 2 is 2.15 bits per heavy atom. The van der Waals surface area contributed by atoms with Crippen LogP contribution in [-0.2, 0) is 0 Å². The van der Waals surface area contributed by atoms with Gasteiger partial charge in [0.25, 0.3) is 5.91 Å². The topological polar surface area (TPSA) is 55.6 Å². The molecule has 20 heavy (non-hydrogen) atoms. The van der Waals surface area contributed by atoms with Gasteiger partial charge >= 0.3 is 0 Å². The molecule has 2 rings (SSSR count). The van der Waals surface area contributed by atoms with Crippen LogP contribution in [0.3, 0.4) is 0 Å². The lowest BCUT2D eigenvalue weighted by atomic mass is 10.1. The summed E-state index contributed by atoms with van der Waals surface area (Å²) in [5.41, 5.74) is 6.12. The van der Waals surface area contributed by atoms with Gasteiger partial charge in [-0.3, -0.25) is 4.79 Å². The number of carbonyl (C=O) groups is 1. The molecule has 2 N–H and O–H groups in total. The Labute approximate surface area is 120 Å². The lowest BCUT2D eigenvalue weighted by Gasteiger charge is -2.23. The molecule has 0 bridgehead atoms. The minimum Gasteiger partial charge on any atom is -0.494 e. The van der Waals surface area contributed by atoms with Crippen LogP contribution < -0.4 is 10.5 Å². The molecule has 4 nitrogen and oxygen atoms in total. The fourth-order valence-corrected chi connectivity index (χ4v) is 2.29. The predicted octanol–water partition coefficient (Wildman–Crippen LogP) is 2.20. The summed E-state index contributed by atoms with van der Waals surface area (Å²) in [6, 6.07) is 7.56. The van der Waals surface area contributed by atoms with Gasteiger partial charge in [-0.2, -0.15) is 0 Å². The number of hydrogen-bond acceptors (Lipinski definition) is 3. The third kappa shape index (κ3) is 3.39. The molecular formula is C16H22N2O2. The van der Waals surface area contributed by atoms with Gasteiger partial charge in [0.15, 0.2) is 0 Å². The quantitative estimate of drug-likeness (QED) is 0.639. The van der Waals surface area contributed by atoms with Gasteiger partial charge in [-0.05, 0) is 43.7 Å². The van der Waals surface area contributed by atoms with Crippen molar-refractivity contribution in [3.05, 3.63) is 42.0 Å². The normalized spacial score (nSPS) is 17.5. The number of nitrogens with zero attached hydrogens (tertiary/aromatic N) is 1. The van der Waals surface area contributed by atoms with Crippen LogP contribution in [0.25, 0.3) is 0 Å². The number of benzene rings is 1. The zero-order valence-electron chi connectivity index (χ0n) is 11.9. The lowest BCUT2D eigenvalue weighted by Crippen LogP contribution is -2.35. The Kier molecular flexibility index (Phi) is 5.18. The molecule has 0 spiro atoms. The van der Waals surface area contributed by atoms with E-state index in [2.05, 4.69) is 19.1 Å². The van der Waals surface area contributed by atoms with Gasteiger partial charge in [-0.15, -0.1) is 0 Å². The minimum absolute atomic E-state index is 0.0790. The van der Waals surface area contributed by atoms with Gasteiger partial charge in [0.05, 0.1) is 12.6 Å². The first kappa shape index (κ1) is 14.6. The van der Waals surface area contributed by atoms with Crippen molar-refractivity contribution in [2.75, 3.05) is 19.7 Å². The highest BCUT2D eigenvalue weighted by Crippen LogP contribution is 2.19. The van der Waals surface area contributed by atoms with Crippen LogP contribution in [0, 0.1) is 0 Å². The fourth-order valence-electron chi connectivity index (χ4n) is 2.29. The molecule has 0 aliphatic carbocycles. The second-order valence-electron chi connectivity index (χ2n) is 4.88. The third-order valence-electron chi connectivity index (χ3n) is 3.46. The van der Waals surface area contributed by atoms with Crippen molar-refractivity contribution in [2.45, 2.75) is 25.8 Å². The van der Waals surface area contributed by atoms with Crippen LogP contribution in [0.2, 0.25) is 0 Å². The molecular weight excluding hydrogens is 252 g/mol. The maximum Gasteiger partial charge on any atom is 0.254 e. The van der Waals surface area contributed by atoms with Crippen LogP contribution in [0.1, 0.15) is 30.1 Å². The van der Waals surface area contributed by atoms with E-state index in [4.69, 9.17) is 10.5 Å². The lowest BCUT2D eigenvalue weighted by molar-refractivity contribution is 0.0747. The Morgan fingerprint density at radius 1 is 1.40 bits per heavy atom. The summed E-state index contributed by atoms with van der Waals surface area (Å²) < 4.78 is 5.53. The SMILES string of the molecule is CC[C@@H]1C=CCN1C(=O)c1ccc(OCCCN)cc1. The van der Waals surface area contributed by atoms with Gasteiger partial charge in [0.2, 0.25) is 0 Å². The van der Waals surface area contributed by atoms with Crippen LogP contribution in [-0.4, -0.2) is 36.5 Å². The van der Waals surface area contributed by atoms with Crippen molar-refractivity contribution in [2.24, 2.45) is 5.73 Å². The summed E-state index contributed by atoms with van der Waals surface area (Å²) in [4.78, 5) is 14.3. The maximum atomic E-state index is 12.4. The molecule has 1 aliphatic rings. The van der Waals surface area contributed by atoms with Gasteiger partial charge in [0.1, 0.15) is 5.75 Å². The van der Waals surface area contributed by atoms with Gasteiger partial charge in [0, 0.05) is 12.1 Å². The summed E-state index contributed by atoms with van der Waals surface area (Å²) in [5, 5.41) is 0. The zero-order valence-corrected chi connectivity index (χ0v) is 11.9. The van der Waals surface area contributed by atoms with Crippen molar-refractivity contribution in [1.29, 1.82) is 0 Å². The largest absolute Gasteiger partial charge is 0.494 e. The second-order valence-corrected chi connectivity index (χ2v) is 4.88. The second kappa shape index (κ2) is 7.10. The molecule has 4 heteroatoms. The molecule has 0 aromatic heterocycles. The monoisotopic (exact) mass is 274 g/mol. The first-order valence-corrected chi connectivity index (χ1v) is 7.16. The molecule has 0 unspecified atom stereocenters. The van der Waals surface area contributed by atoms with E-state index in [1.54, 1.807) is 0 Å². The fraction of sp³-hybridized carbons (Fsp3) is 0.438. The Morgan fingerprint density at radius 3 is 2.80 bits per heavy atom. The van der Waals surface area contributed by atoms with Crippen LogP contribution in [0.4, 0.5) is 0 Å². The highest BCUT2D eigenvalue weighted by molar-refractivity contribution is 5.95. The average molecular weight is 274 g/mol. The van der Waals surface area contributed by atoms with Crippen molar-refractivity contribution in [1.82, 2.24) is 4.90 Å². The van der Waals surface area contributed by atoms with E-state index < -0.39 is 0 Å². The van der Waals surface area contributed by atoms with E-state index in [0.717, 1.165) is 18.6 Å². The molecule has 108 valence electrons. The highest BCUT2D eigenvalue weighted by atomic mass is 16.5. The molecule has 1 amide bonds. The van der Waals surface area contributed by atoms with Crippen molar-refractivity contribution < 1.29 is 9.53 Å². The molecule has 1 heterocycles. The first-order valence-electron chi connectivity index (χ1n) is 7.16. The van der Waals surface area contributed by atoms with E-state index in [1.807, 2.05) is 29.2 Å². The molecule has 1 aromatic carbocycles.